The molecule has 0 atom stereocenters. The summed E-state index contributed by atoms with van der Waals surface area (Å²) >= 11 is 0. The Labute approximate surface area is 132 Å². The fraction of sp³-hybridized carbons (Fsp3) is 0.118. The molecular formula is C17H15N3O3. The molecule has 1 aromatic heterocycles. The summed E-state index contributed by atoms with van der Waals surface area (Å²) in [5.41, 5.74) is 2.62. The molecule has 0 saturated heterocycles. The van der Waals surface area contributed by atoms with Gasteiger partial charge in [-0.05, 0) is 17.7 Å². The molecule has 0 fully saturated rings. The molecule has 1 heterocycles. The van der Waals surface area contributed by atoms with Crippen molar-refractivity contribution < 1.29 is 14.0 Å². The third-order valence-electron chi connectivity index (χ3n) is 3.16. The molecule has 0 unspecified atom stereocenters. The molecule has 23 heavy (non-hydrogen) atoms. The van der Waals surface area contributed by atoms with E-state index in [0.29, 0.717) is 16.8 Å². The second kappa shape index (κ2) is 6.31. The minimum Gasteiger partial charge on any atom is -0.423 e. The number of hydrogen-bond donors (Lipinski definition) is 2. The lowest BCUT2D eigenvalue weighted by Gasteiger charge is -2.00. The van der Waals surface area contributed by atoms with E-state index in [4.69, 9.17) is 4.42 Å². The van der Waals surface area contributed by atoms with Crippen LogP contribution in [0.2, 0.25) is 0 Å². The molecule has 0 radical (unpaired) electrons. The standard InChI is InChI=1S/C17H15N3O3/c1-11(21)18-13-7-8-14-15(10-13)23-17(19-14)20-16(22)9-12-5-3-2-4-6-12/h2-8,10H,9H2,1H3,(H,18,21)(H,19,20,22). The number of carbonyl (C=O) groups excluding carboxylic acids is 2. The predicted molar refractivity (Wildman–Crippen MR) is 87.1 cm³/mol. The molecule has 3 aromatic rings. The first-order valence-corrected chi connectivity index (χ1v) is 7.12. The van der Waals surface area contributed by atoms with Gasteiger partial charge in [0.2, 0.25) is 11.8 Å². The fourth-order valence-electron chi connectivity index (χ4n) is 2.20. The monoisotopic (exact) mass is 309 g/mol. The van der Waals surface area contributed by atoms with Crippen LogP contribution in [0.15, 0.2) is 52.9 Å². The van der Waals surface area contributed by atoms with Crippen LogP contribution < -0.4 is 10.6 Å². The van der Waals surface area contributed by atoms with Gasteiger partial charge in [-0.15, -0.1) is 0 Å². The first-order valence-electron chi connectivity index (χ1n) is 7.12. The van der Waals surface area contributed by atoms with Gasteiger partial charge in [0, 0.05) is 18.7 Å². The Kier molecular flexibility index (Phi) is 4.05. The Morgan fingerprint density at radius 2 is 1.87 bits per heavy atom. The number of oxazole rings is 1. The van der Waals surface area contributed by atoms with Crippen LogP contribution in [0.5, 0.6) is 0 Å². The minimum atomic E-state index is -0.204. The molecule has 0 aliphatic carbocycles. The van der Waals surface area contributed by atoms with Gasteiger partial charge < -0.3 is 9.73 Å². The quantitative estimate of drug-likeness (QED) is 0.776. The normalized spacial score (nSPS) is 10.5. The van der Waals surface area contributed by atoms with Crippen molar-refractivity contribution in [2.24, 2.45) is 0 Å². The van der Waals surface area contributed by atoms with E-state index in [1.54, 1.807) is 18.2 Å². The minimum absolute atomic E-state index is 0.140. The summed E-state index contributed by atoms with van der Waals surface area (Å²) in [4.78, 5) is 27.3. The number of nitrogens with one attached hydrogen (secondary N) is 2. The molecule has 2 N–H and O–H groups in total. The van der Waals surface area contributed by atoms with Gasteiger partial charge in [-0.25, -0.2) is 0 Å². The van der Waals surface area contributed by atoms with Crippen LogP contribution in [0.25, 0.3) is 11.1 Å². The summed E-state index contributed by atoms with van der Waals surface area (Å²) in [7, 11) is 0. The zero-order valence-electron chi connectivity index (χ0n) is 12.5. The van der Waals surface area contributed by atoms with Crippen LogP contribution in [-0.4, -0.2) is 16.8 Å². The van der Waals surface area contributed by atoms with E-state index in [-0.39, 0.29) is 24.2 Å². The van der Waals surface area contributed by atoms with Crippen molar-refractivity contribution in [1.29, 1.82) is 0 Å². The Balaban J connectivity index is 1.73. The van der Waals surface area contributed by atoms with Crippen molar-refractivity contribution in [3.05, 3.63) is 54.1 Å². The van der Waals surface area contributed by atoms with Crippen molar-refractivity contribution in [3.8, 4) is 0 Å². The maximum atomic E-state index is 12.0. The van der Waals surface area contributed by atoms with Crippen molar-refractivity contribution >= 4 is 34.6 Å². The molecule has 0 bridgehead atoms. The van der Waals surface area contributed by atoms with E-state index in [1.807, 2.05) is 30.3 Å². The van der Waals surface area contributed by atoms with E-state index >= 15 is 0 Å². The van der Waals surface area contributed by atoms with Crippen molar-refractivity contribution in [3.63, 3.8) is 0 Å². The molecular weight excluding hydrogens is 294 g/mol. The topological polar surface area (TPSA) is 84.2 Å². The SMILES string of the molecule is CC(=O)Nc1ccc2nc(NC(=O)Cc3ccccc3)oc2c1. The van der Waals surface area contributed by atoms with Crippen LogP contribution in [0.1, 0.15) is 12.5 Å². The van der Waals surface area contributed by atoms with Gasteiger partial charge in [-0.1, -0.05) is 30.3 Å². The maximum absolute atomic E-state index is 12.0. The Bertz CT molecular complexity index is 856. The first kappa shape index (κ1) is 14.8. The number of fused-ring (bicyclic) bond motifs is 1. The van der Waals surface area contributed by atoms with Crippen molar-refractivity contribution in [2.45, 2.75) is 13.3 Å². The molecule has 0 saturated carbocycles. The average molecular weight is 309 g/mol. The molecule has 0 aliphatic heterocycles. The molecule has 6 nitrogen and oxygen atoms in total. The first-order chi connectivity index (χ1) is 11.1. The lowest BCUT2D eigenvalue weighted by molar-refractivity contribution is -0.116. The van der Waals surface area contributed by atoms with E-state index in [0.717, 1.165) is 5.56 Å². The predicted octanol–water partition coefficient (Wildman–Crippen LogP) is 2.97. The van der Waals surface area contributed by atoms with Crippen LogP contribution in [-0.2, 0) is 16.0 Å². The van der Waals surface area contributed by atoms with Crippen LogP contribution >= 0.6 is 0 Å². The van der Waals surface area contributed by atoms with Crippen LogP contribution in [0.3, 0.4) is 0 Å². The number of rotatable bonds is 4. The zero-order valence-corrected chi connectivity index (χ0v) is 12.5. The van der Waals surface area contributed by atoms with E-state index in [1.165, 1.54) is 6.92 Å². The highest BCUT2D eigenvalue weighted by atomic mass is 16.4. The number of carbonyl (C=O) groups is 2. The van der Waals surface area contributed by atoms with E-state index in [9.17, 15) is 9.59 Å². The Hall–Kier alpha value is -3.15. The maximum Gasteiger partial charge on any atom is 0.302 e. The molecule has 0 aliphatic rings. The average Bonchev–Trinajstić information content (AvgIpc) is 2.88. The Morgan fingerprint density at radius 1 is 1.09 bits per heavy atom. The summed E-state index contributed by atoms with van der Waals surface area (Å²) < 4.78 is 5.50. The van der Waals surface area contributed by atoms with Crippen molar-refractivity contribution in [1.82, 2.24) is 4.98 Å². The summed E-state index contributed by atoms with van der Waals surface area (Å²) in [6, 6.07) is 14.7. The molecule has 116 valence electrons. The van der Waals surface area contributed by atoms with Gasteiger partial charge in [0.15, 0.2) is 5.58 Å². The van der Waals surface area contributed by atoms with Crippen LogP contribution in [0.4, 0.5) is 11.7 Å². The van der Waals surface area contributed by atoms with Crippen LogP contribution in [0, 0.1) is 0 Å². The fourth-order valence-corrected chi connectivity index (χ4v) is 2.20. The highest BCUT2D eigenvalue weighted by Crippen LogP contribution is 2.22. The number of nitrogens with zero attached hydrogens (tertiary/aromatic N) is 1. The second-order valence-corrected chi connectivity index (χ2v) is 5.09. The summed E-state index contributed by atoms with van der Waals surface area (Å²) in [6.45, 7) is 1.43. The molecule has 2 aromatic carbocycles. The summed E-state index contributed by atoms with van der Waals surface area (Å²) in [5.74, 6) is -0.370. The number of amides is 2. The third kappa shape index (κ3) is 3.74. The highest BCUT2D eigenvalue weighted by Gasteiger charge is 2.10. The lowest BCUT2D eigenvalue weighted by atomic mass is 10.1. The van der Waals surface area contributed by atoms with E-state index < -0.39 is 0 Å². The molecule has 3 rings (SSSR count). The number of hydrogen-bond acceptors (Lipinski definition) is 4. The second-order valence-electron chi connectivity index (χ2n) is 5.09. The zero-order chi connectivity index (χ0) is 16.2. The molecule has 2 amide bonds. The number of anilines is 2. The van der Waals surface area contributed by atoms with Gasteiger partial charge in [-0.3, -0.25) is 14.9 Å². The van der Waals surface area contributed by atoms with Gasteiger partial charge in [0.25, 0.3) is 0 Å². The Morgan fingerprint density at radius 3 is 2.61 bits per heavy atom. The largest absolute Gasteiger partial charge is 0.423 e. The van der Waals surface area contributed by atoms with Gasteiger partial charge in [-0.2, -0.15) is 4.98 Å². The van der Waals surface area contributed by atoms with Gasteiger partial charge in [0.1, 0.15) is 5.52 Å². The molecule has 0 spiro atoms. The molecule has 6 heteroatoms. The third-order valence-corrected chi connectivity index (χ3v) is 3.16. The highest BCUT2D eigenvalue weighted by molar-refractivity contribution is 5.93. The smallest absolute Gasteiger partial charge is 0.302 e. The summed E-state index contributed by atoms with van der Waals surface area (Å²) in [5, 5.41) is 5.30. The van der Waals surface area contributed by atoms with Gasteiger partial charge >= 0.3 is 6.01 Å². The summed E-state index contributed by atoms with van der Waals surface area (Å²) in [6.07, 6.45) is 0.247. The van der Waals surface area contributed by atoms with Gasteiger partial charge in [0.05, 0.1) is 6.42 Å². The number of benzene rings is 2. The number of aromatic nitrogens is 1. The lowest BCUT2D eigenvalue weighted by Crippen LogP contribution is -2.14. The van der Waals surface area contributed by atoms with Crippen molar-refractivity contribution in [2.75, 3.05) is 10.6 Å². The van der Waals surface area contributed by atoms with E-state index in [2.05, 4.69) is 15.6 Å².